The number of hydrogen-bond acceptors (Lipinski definition) is 2. The Hall–Kier alpha value is -0.940. The SMILES string of the molecule is Cl.NC(c1ccc(O)cc1)C(F)(F)F. The first-order valence-electron chi connectivity index (χ1n) is 3.52. The maximum absolute atomic E-state index is 12.0. The molecule has 0 radical (unpaired) electrons. The van der Waals surface area contributed by atoms with Gasteiger partial charge < -0.3 is 10.8 Å². The van der Waals surface area contributed by atoms with E-state index in [1.165, 1.54) is 12.1 Å². The molecule has 0 aromatic heterocycles. The van der Waals surface area contributed by atoms with Crippen LogP contribution in [-0.2, 0) is 0 Å². The summed E-state index contributed by atoms with van der Waals surface area (Å²) in [5.41, 5.74) is 4.85. The van der Waals surface area contributed by atoms with E-state index in [0.29, 0.717) is 0 Å². The standard InChI is InChI=1S/C8H8F3NO.ClH/c9-8(10,11)7(12)5-1-3-6(13)4-2-5;/h1-4,7,13H,12H2;1H. The van der Waals surface area contributed by atoms with Crippen LogP contribution >= 0.6 is 12.4 Å². The third-order valence-corrected chi connectivity index (χ3v) is 1.60. The first-order chi connectivity index (χ1) is 5.91. The minimum Gasteiger partial charge on any atom is -0.508 e. The molecule has 1 atom stereocenters. The summed E-state index contributed by atoms with van der Waals surface area (Å²) in [5.74, 6) is -0.0851. The Balaban J connectivity index is 0.00000169. The second kappa shape index (κ2) is 4.52. The quantitative estimate of drug-likeness (QED) is 0.774. The summed E-state index contributed by atoms with van der Waals surface area (Å²) >= 11 is 0. The summed E-state index contributed by atoms with van der Waals surface area (Å²) in [5, 5.41) is 8.82. The normalized spacial score (nSPS) is 13.1. The van der Waals surface area contributed by atoms with Crippen molar-refractivity contribution >= 4 is 12.4 Å². The van der Waals surface area contributed by atoms with Gasteiger partial charge in [0.1, 0.15) is 11.8 Å². The highest BCUT2D eigenvalue weighted by atomic mass is 35.5. The van der Waals surface area contributed by atoms with Crippen molar-refractivity contribution in [1.82, 2.24) is 0 Å². The number of phenolic OH excluding ortho intramolecular Hbond substituents is 1. The summed E-state index contributed by atoms with van der Waals surface area (Å²) in [6.45, 7) is 0. The highest BCUT2D eigenvalue weighted by Crippen LogP contribution is 2.30. The second-order valence-electron chi connectivity index (χ2n) is 2.61. The Bertz CT molecular complexity index is 286. The van der Waals surface area contributed by atoms with E-state index in [1.807, 2.05) is 0 Å². The van der Waals surface area contributed by atoms with Gasteiger partial charge >= 0.3 is 6.18 Å². The van der Waals surface area contributed by atoms with Crippen molar-refractivity contribution < 1.29 is 18.3 Å². The fraction of sp³-hybridized carbons (Fsp3) is 0.250. The topological polar surface area (TPSA) is 46.2 Å². The average Bonchev–Trinajstić information content (AvgIpc) is 2.03. The number of nitrogens with two attached hydrogens (primary N) is 1. The van der Waals surface area contributed by atoms with Gasteiger partial charge in [-0.1, -0.05) is 12.1 Å². The van der Waals surface area contributed by atoms with Crippen molar-refractivity contribution in [1.29, 1.82) is 0 Å². The Morgan fingerprint density at radius 3 is 1.93 bits per heavy atom. The molecule has 1 rings (SSSR count). The third-order valence-electron chi connectivity index (χ3n) is 1.60. The molecule has 1 aromatic rings. The van der Waals surface area contributed by atoms with Crippen LogP contribution in [0.1, 0.15) is 11.6 Å². The first-order valence-corrected chi connectivity index (χ1v) is 3.52. The highest BCUT2D eigenvalue weighted by Gasteiger charge is 2.37. The molecule has 0 aliphatic carbocycles. The lowest BCUT2D eigenvalue weighted by Gasteiger charge is -2.15. The largest absolute Gasteiger partial charge is 0.508 e. The lowest BCUT2D eigenvalue weighted by atomic mass is 10.1. The van der Waals surface area contributed by atoms with E-state index in [9.17, 15) is 13.2 Å². The van der Waals surface area contributed by atoms with Crippen LogP contribution in [0.4, 0.5) is 13.2 Å². The van der Waals surface area contributed by atoms with Gasteiger partial charge in [0.25, 0.3) is 0 Å². The van der Waals surface area contributed by atoms with Crippen LogP contribution in [-0.4, -0.2) is 11.3 Å². The number of hydrogen-bond donors (Lipinski definition) is 2. The van der Waals surface area contributed by atoms with Crippen molar-refractivity contribution in [2.45, 2.75) is 12.2 Å². The maximum Gasteiger partial charge on any atom is 0.407 e. The molecule has 2 nitrogen and oxygen atoms in total. The maximum atomic E-state index is 12.0. The van der Waals surface area contributed by atoms with Gasteiger partial charge in [-0.2, -0.15) is 13.2 Å². The molecule has 0 aliphatic heterocycles. The van der Waals surface area contributed by atoms with Crippen molar-refractivity contribution in [3.63, 3.8) is 0 Å². The van der Waals surface area contributed by atoms with E-state index in [1.54, 1.807) is 0 Å². The van der Waals surface area contributed by atoms with Crippen LogP contribution in [0.25, 0.3) is 0 Å². The third kappa shape index (κ3) is 3.08. The summed E-state index contributed by atoms with van der Waals surface area (Å²) < 4.78 is 36.1. The predicted molar refractivity (Wildman–Crippen MR) is 48.3 cm³/mol. The van der Waals surface area contributed by atoms with Crippen LogP contribution in [0.2, 0.25) is 0 Å². The molecule has 0 saturated carbocycles. The van der Waals surface area contributed by atoms with Crippen molar-refractivity contribution in [2.24, 2.45) is 5.73 Å². The van der Waals surface area contributed by atoms with Gasteiger partial charge in [0.05, 0.1) is 0 Å². The molecule has 1 aromatic carbocycles. The van der Waals surface area contributed by atoms with Gasteiger partial charge in [-0.3, -0.25) is 0 Å². The predicted octanol–water partition coefficient (Wildman–Crippen LogP) is 2.38. The Morgan fingerprint density at radius 2 is 1.57 bits per heavy atom. The molecule has 0 amide bonds. The number of alkyl halides is 3. The minimum atomic E-state index is -4.45. The second-order valence-corrected chi connectivity index (χ2v) is 2.61. The number of benzene rings is 1. The zero-order valence-electron chi connectivity index (χ0n) is 6.95. The molecular weight excluding hydrogens is 219 g/mol. The monoisotopic (exact) mass is 227 g/mol. The zero-order valence-corrected chi connectivity index (χ0v) is 7.77. The Morgan fingerprint density at radius 1 is 1.14 bits per heavy atom. The van der Waals surface area contributed by atoms with Gasteiger partial charge in [-0.25, -0.2) is 0 Å². The molecule has 3 N–H and O–H groups in total. The molecule has 14 heavy (non-hydrogen) atoms. The van der Waals surface area contributed by atoms with E-state index in [-0.39, 0.29) is 23.7 Å². The van der Waals surface area contributed by atoms with E-state index in [0.717, 1.165) is 12.1 Å². The fourth-order valence-electron chi connectivity index (χ4n) is 0.871. The van der Waals surface area contributed by atoms with E-state index in [4.69, 9.17) is 10.8 Å². The fourth-order valence-corrected chi connectivity index (χ4v) is 0.871. The van der Waals surface area contributed by atoms with Crippen LogP contribution in [0, 0.1) is 0 Å². The number of halogens is 4. The molecule has 0 aliphatic rings. The highest BCUT2D eigenvalue weighted by molar-refractivity contribution is 5.85. The van der Waals surface area contributed by atoms with Gasteiger partial charge in [-0.05, 0) is 17.7 Å². The molecule has 0 heterocycles. The summed E-state index contributed by atoms with van der Waals surface area (Å²) in [7, 11) is 0. The molecule has 6 heteroatoms. The van der Waals surface area contributed by atoms with E-state index in [2.05, 4.69) is 0 Å². The van der Waals surface area contributed by atoms with Crippen LogP contribution < -0.4 is 5.73 Å². The number of phenols is 1. The van der Waals surface area contributed by atoms with Crippen LogP contribution in [0.3, 0.4) is 0 Å². The van der Waals surface area contributed by atoms with Gasteiger partial charge in [0.15, 0.2) is 0 Å². The van der Waals surface area contributed by atoms with Gasteiger partial charge in [0, 0.05) is 0 Å². The van der Waals surface area contributed by atoms with E-state index >= 15 is 0 Å². The van der Waals surface area contributed by atoms with Crippen LogP contribution in [0.15, 0.2) is 24.3 Å². The first kappa shape index (κ1) is 13.1. The molecule has 0 saturated heterocycles. The molecule has 0 spiro atoms. The Labute approximate surface area is 84.9 Å². The average molecular weight is 228 g/mol. The van der Waals surface area contributed by atoms with E-state index < -0.39 is 12.2 Å². The minimum absolute atomic E-state index is 0. The summed E-state index contributed by atoms with van der Waals surface area (Å²) in [6, 6.07) is 2.64. The lowest BCUT2D eigenvalue weighted by Crippen LogP contribution is -2.28. The lowest BCUT2D eigenvalue weighted by molar-refractivity contribution is -0.149. The van der Waals surface area contributed by atoms with Gasteiger partial charge in [-0.15, -0.1) is 12.4 Å². The molecular formula is C8H9ClF3NO. The molecule has 80 valence electrons. The Kier molecular flexibility index (Phi) is 4.22. The summed E-state index contributed by atoms with van der Waals surface area (Å²) in [4.78, 5) is 0. The van der Waals surface area contributed by atoms with Crippen molar-refractivity contribution in [2.75, 3.05) is 0 Å². The smallest absolute Gasteiger partial charge is 0.407 e. The zero-order chi connectivity index (χ0) is 10.1. The molecule has 1 unspecified atom stereocenters. The van der Waals surface area contributed by atoms with Gasteiger partial charge in [0.2, 0.25) is 0 Å². The van der Waals surface area contributed by atoms with Crippen molar-refractivity contribution in [3.05, 3.63) is 29.8 Å². The number of aromatic hydroxyl groups is 1. The number of rotatable bonds is 1. The van der Waals surface area contributed by atoms with Crippen molar-refractivity contribution in [3.8, 4) is 5.75 Å². The molecule has 0 bridgehead atoms. The van der Waals surface area contributed by atoms with Crippen LogP contribution in [0.5, 0.6) is 5.75 Å². The summed E-state index contributed by atoms with van der Waals surface area (Å²) in [6.07, 6.45) is -4.45. The molecule has 0 fully saturated rings.